The highest BCUT2D eigenvalue weighted by atomic mass is 32.3. The minimum absolute atomic E-state index is 0.154. The van der Waals surface area contributed by atoms with Gasteiger partial charge in [-0.25, -0.2) is 0 Å². The minimum Gasteiger partial charge on any atom is -0.508 e. The van der Waals surface area contributed by atoms with Crippen LogP contribution in [0.1, 0.15) is 32.8 Å². The third-order valence-corrected chi connectivity index (χ3v) is 9.25. The normalized spacial score (nSPS) is 12.7. The van der Waals surface area contributed by atoms with E-state index < -0.39 is 10.0 Å². The summed E-state index contributed by atoms with van der Waals surface area (Å²) in [7, 11) is -1.50. The van der Waals surface area contributed by atoms with Crippen LogP contribution in [0.15, 0.2) is 87.5 Å². The highest BCUT2D eigenvalue weighted by Crippen LogP contribution is 2.65. The fourth-order valence-electron chi connectivity index (χ4n) is 3.23. The van der Waals surface area contributed by atoms with Crippen molar-refractivity contribution in [1.82, 2.24) is 0 Å². The minimum atomic E-state index is -1.50. The van der Waals surface area contributed by atoms with E-state index in [-0.39, 0.29) is 16.9 Å². The first kappa shape index (κ1) is 19.4. The van der Waals surface area contributed by atoms with Crippen molar-refractivity contribution in [3.63, 3.8) is 0 Å². The Bertz CT molecular complexity index is 849. The Morgan fingerprint density at radius 2 is 1.00 bits per heavy atom. The summed E-state index contributed by atoms with van der Waals surface area (Å²) in [5.41, 5.74) is 1.49. The van der Waals surface area contributed by atoms with Gasteiger partial charge in [-0.05, 0) is 99.0 Å². The average Bonchev–Trinajstić information content (AvgIpc) is 2.68. The summed E-state index contributed by atoms with van der Waals surface area (Å²) in [6.07, 6.45) is 3.36. The topological polar surface area (TPSA) is 40.5 Å². The van der Waals surface area contributed by atoms with E-state index >= 15 is 0 Å². The molecule has 3 rings (SSSR count). The van der Waals surface area contributed by atoms with E-state index in [0.29, 0.717) is 0 Å². The van der Waals surface area contributed by atoms with Crippen LogP contribution in [-0.4, -0.2) is 16.5 Å². The molecular formula is C24H28O2S. The van der Waals surface area contributed by atoms with Crippen LogP contribution in [0.4, 0.5) is 0 Å². The van der Waals surface area contributed by atoms with Gasteiger partial charge in [0.05, 0.1) is 0 Å². The Morgan fingerprint density at radius 3 is 1.33 bits per heavy atom. The van der Waals surface area contributed by atoms with Crippen molar-refractivity contribution in [1.29, 1.82) is 0 Å². The molecule has 3 aromatic rings. The second-order valence-corrected chi connectivity index (χ2v) is 10.9. The van der Waals surface area contributed by atoms with E-state index in [9.17, 15) is 10.2 Å². The molecule has 2 N–H and O–H groups in total. The zero-order valence-corrected chi connectivity index (χ0v) is 17.3. The number of phenols is 2. The van der Waals surface area contributed by atoms with Crippen molar-refractivity contribution < 1.29 is 10.2 Å². The number of phenolic OH excluding ortho intramolecular Hbond substituents is 2. The smallest absolute Gasteiger partial charge is 0.115 e. The van der Waals surface area contributed by atoms with Crippen LogP contribution < -0.4 is 0 Å². The largest absolute Gasteiger partial charge is 0.508 e. The lowest BCUT2D eigenvalue weighted by Gasteiger charge is -2.38. The quantitative estimate of drug-likeness (QED) is 0.517. The summed E-state index contributed by atoms with van der Waals surface area (Å²) >= 11 is 0. The van der Waals surface area contributed by atoms with Crippen molar-refractivity contribution in [3.8, 4) is 11.5 Å². The van der Waals surface area contributed by atoms with Crippen LogP contribution in [0.5, 0.6) is 11.5 Å². The molecule has 0 fully saturated rings. The Labute approximate surface area is 163 Å². The summed E-state index contributed by atoms with van der Waals surface area (Å²) in [5.74, 6) is 0.539. The maximum atomic E-state index is 9.73. The van der Waals surface area contributed by atoms with Crippen LogP contribution in [0.2, 0.25) is 0 Å². The molecule has 0 aliphatic heterocycles. The second-order valence-electron chi connectivity index (χ2n) is 7.67. The van der Waals surface area contributed by atoms with Gasteiger partial charge in [0.1, 0.15) is 11.5 Å². The van der Waals surface area contributed by atoms with E-state index in [2.05, 4.69) is 51.3 Å². The predicted octanol–water partition coefficient (Wildman–Crippen LogP) is 6.70. The molecule has 0 aromatic heterocycles. The molecule has 0 heterocycles. The maximum absolute atomic E-state index is 9.73. The Balaban J connectivity index is 2.15. The lowest BCUT2D eigenvalue weighted by molar-refractivity contribution is 0.474. The van der Waals surface area contributed by atoms with Crippen LogP contribution in [0, 0.1) is 0 Å². The number of benzene rings is 3. The summed E-state index contributed by atoms with van der Waals surface area (Å²) < 4.78 is 0. The molecule has 0 saturated carbocycles. The van der Waals surface area contributed by atoms with Crippen LogP contribution in [-0.2, 0) is 5.41 Å². The van der Waals surface area contributed by atoms with Crippen molar-refractivity contribution in [3.05, 3.63) is 78.4 Å². The molecule has 3 aromatic carbocycles. The van der Waals surface area contributed by atoms with Gasteiger partial charge in [-0.15, -0.1) is 0 Å². The Kier molecular flexibility index (Phi) is 5.25. The molecule has 0 spiro atoms. The van der Waals surface area contributed by atoms with Crippen molar-refractivity contribution >= 4 is 10.0 Å². The highest BCUT2D eigenvalue weighted by Gasteiger charge is 2.27. The molecular weight excluding hydrogens is 352 g/mol. The Hall–Kier alpha value is -2.39. The first-order valence-corrected chi connectivity index (χ1v) is 11.3. The molecule has 0 aliphatic rings. The fourth-order valence-corrected chi connectivity index (χ4v) is 6.09. The van der Waals surface area contributed by atoms with Gasteiger partial charge < -0.3 is 10.2 Å². The molecule has 142 valence electrons. The van der Waals surface area contributed by atoms with E-state index in [1.54, 1.807) is 24.3 Å². The molecule has 0 unspecified atom stereocenters. The van der Waals surface area contributed by atoms with Gasteiger partial charge in [-0.1, -0.05) is 32.9 Å². The Morgan fingerprint density at radius 1 is 0.667 bits per heavy atom. The predicted molar refractivity (Wildman–Crippen MR) is 114 cm³/mol. The third-order valence-electron chi connectivity index (χ3n) is 5.61. The van der Waals surface area contributed by atoms with Gasteiger partial charge in [0.15, 0.2) is 0 Å². The van der Waals surface area contributed by atoms with Crippen molar-refractivity contribution in [2.75, 3.05) is 6.26 Å². The van der Waals surface area contributed by atoms with Gasteiger partial charge in [-0.2, -0.15) is 10.0 Å². The summed E-state index contributed by atoms with van der Waals surface area (Å²) in [4.78, 5) is 3.61. The first-order valence-electron chi connectivity index (χ1n) is 9.24. The van der Waals surface area contributed by atoms with Crippen molar-refractivity contribution in [2.24, 2.45) is 0 Å². The van der Waals surface area contributed by atoms with E-state index in [4.69, 9.17) is 0 Å². The van der Waals surface area contributed by atoms with Gasteiger partial charge >= 0.3 is 0 Å². The molecule has 0 bridgehead atoms. The number of rotatable bonds is 5. The average molecular weight is 381 g/mol. The van der Waals surface area contributed by atoms with Gasteiger partial charge in [0, 0.05) is 0 Å². The standard InChI is InChI=1S/C24H28O2S/c1-5-24(2,3)18-6-12-21(13-7-18)27(4,22-14-8-19(25)9-15-22)23-16-10-20(26)11-17-23/h6-17,25-26H,5H2,1-4H3. The lowest BCUT2D eigenvalue weighted by atomic mass is 9.82. The summed E-state index contributed by atoms with van der Waals surface area (Å²) in [6, 6.07) is 23.9. The fraction of sp³-hybridized carbons (Fsp3) is 0.250. The molecule has 0 saturated heterocycles. The zero-order chi connectivity index (χ0) is 19.7. The maximum Gasteiger partial charge on any atom is 0.115 e. The number of hydrogen-bond acceptors (Lipinski definition) is 2. The molecule has 0 aliphatic carbocycles. The first-order chi connectivity index (χ1) is 12.8. The molecule has 3 heteroatoms. The van der Waals surface area contributed by atoms with Gasteiger partial charge in [-0.3, -0.25) is 0 Å². The third kappa shape index (κ3) is 3.70. The lowest BCUT2D eigenvalue weighted by Crippen LogP contribution is -2.15. The SMILES string of the molecule is CCC(C)(C)c1ccc(S(C)(c2ccc(O)cc2)c2ccc(O)cc2)cc1. The van der Waals surface area contributed by atoms with E-state index in [0.717, 1.165) is 6.42 Å². The number of aromatic hydroxyl groups is 2. The van der Waals surface area contributed by atoms with Crippen LogP contribution >= 0.6 is 10.0 Å². The van der Waals surface area contributed by atoms with Gasteiger partial charge in [0.25, 0.3) is 0 Å². The van der Waals surface area contributed by atoms with Crippen molar-refractivity contribution in [2.45, 2.75) is 47.3 Å². The van der Waals surface area contributed by atoms with E-state index in [1.165, 1.54) is 20.2 Å². The molecule has 27 heavy (non-hydrogen) atoms. The van der Waals surface area contributed by atoms with Gasteiger partial charge in [0.2, 0.25) is 0 Å². The molecule has 0 amide bonds. The van der Waals surface area contributed by atoms with Crippen LogP contribution in [0.25, 0.3) is 0 Å². The second kappa shape index (κ2) is 7.32. The van der Waals surface area contributed by atoms with E-state index in [1.807, 2.05) is 24.3 Å². The number of hydrogen-bond donors (Lipinski definition) is 2. The molecule has 0 atom stereocenters. The van der Waals surface area contributed by atoms with Crippen LogP contribution in [0.3, 0.4) is 0 Å². The summed E-state index contributed by atoms with van der Waals surface area (Å²) in [5, 5.41) is 19.5. The summed E-state index contributed by atoms with van der Waals surface area (Å²) in [6.45, 7) is 6.76. The highest BCUT2D eigenvalue weighted by molar-refractivity contribution is 8.33. The monoisotopic (exact) mass is 380 g/mol. The molecule has 2 nitrogen and oxygen atoms in total. The molecule has 0 radical (unpaired) electrons. The zero-order valence-electron chi connectivity index (χ0n) is 16.4.